The Bertz CT molecular complexity index is 226. The van der Waals surface area contributed by atoms with Gasteiger partial charge in [0.05, 0.1) is 11.5 Å². The second-order valence-electron chi connectivity index (χ2n) is 4.03. The van der Waals surface area contributed by atoms with Crippen molar-refractivity contribution in [3.8, 4) is 0 Å². The van der Waals surface area contributed by atoms with Gasteiger partial charge in [-0.3, -0.25) is 4.79 Å². The first-order valence-electron chi connectivity index (χ1n) is 4.36. The summed E-state index contributed by atoms with van der Waals surface area (Å²) in [5, 5.41) is 9.65. The molecule has 0 aromatic rings. The summed E-state index contributed by atoms with van der Waals surface area (Å²) in [6.45, 7) is 5.44. The number of ketones is 1. The van der Waals surface area contributed by atoms with Gasteiger partial charge in [-0.1, -0.05) is 19.9 Å². The Kier molecular flexibility index (Phi) is 2.38. The summed E-state index contributed by atoms with van der Waals surface area (Å²) >= 11 is 0. The molecule has 2 heteroatoms. The first kappa shape index (κ1) is 9.46. The van der Waals surface area contributed by atoms with Crippen molar-refractivity contribution in [1.82, 2.24) is 0 Å². The van der Waals surface area contributed by atoms with Crippen molar-refractivity contribution in [2.24, 2.45) is 5.41 Å². The highest BCUT2D eigenvalue weighted by Gasteiger charge is 2.36. The van der Waals surface area contributed by atoms with Crippen LogP contribution >= 0.6 is 0 Å². The Hall–Kier alpha value is -0.630. The number of allylic oxidation sites excluding steroid dienone is 2. The summed E-state index contributed by atoms with van der Waals surface area (Å²) in [7, 11) is 0. The topological polar surface area (TPSA) is 37.3 Å². The molecule has 0 radical (unpaired) electrons. The third kappa shape index (κ3) is 1.44. The van der Waals surface area contributed by atoms with Gasteiger partial charge in [-0.25, -0.2) is 0 Å². The predicted octanol–water partition coefficient (Wildman–Crippen LogP) is 1.68. The van der Waals surface area contributed by atoms with Crippen molar-refractivity contribution in [3.63, 3.8) is 0 Å². The molecule has 1 atom stereocenters. The molecule has 68 valence electrons. The molecule has 0 heterocycles. The lowest BCUT2D eigenvalue weighted by Crippen LogP contribution is -2.36. The first-order chi connectivity index (χ1) is 5.46. The van der Waals surface area contributed by atoms with Crippen LogP contribution in [0.25, 0.3) is 0 Å². The fourth-order valence-electron chi connectivity index (χ4n) is 1.57. The minimum absolute atomic E-state index is 0.0764. The highest BCUT2D eigenvalue weighted by molar-refractivity contribution is 5.99. The zero-order valence-electron chi connectivity index (χ0n) is 7.92. The number of aliphatic hydroxyl groups is 1. The third-order valence-electron chi connectivity index (χ3n) is 2.67. The lowest BCUT2D eigenvalue weighted by Gasteiger charge is -2.27. The maximum absolute atomic E-state index is 11.6. The van der Waals surface area contributed by atoms with Gasteiger partial charge in [0.25, 0.3) is 0 Å². The molecular weight excluding hydrogens is 152 g/mol. The molecule has 0 aromatic carbocycles. The number of aliphatic hydroxyl groups excluding tert-OH is 1. The highest BCUT2D eigenvalue weighted by Crippen LogP contribution is 2.31. The lowest BCUT2D eigenvalue weighted by molar-refractivity contribution is -0.128. The van der Waals surface area contributed by atoms with Crippen LogP contribution in [-0.4, -0.2) is 17.0 Å². The van der Waals surface area contributed by atoms with Gasteiger partial charge in [0.2, 0.25) is 0 Å². The molecule has 0 fully saturated rings. The fourth-order valence-corrected chi connectivity index (χ4v) is 1.57. The van der Waals surface area contributed by atoms with Gasteiger partial charge in [0.15, 0.2) is 5.78 Å². The minimum atomic E-state index is -0.600. The van der Waals surface area contributed by atoms with Gasteiger partial charge < -0.3 is 5.11 Å². The summed E-state index contributed by atoms with van der Waals surface area (Å²) in [5.74, 6) is 0.0764. The van der Waals surface area contributed by atoms with E-state index in [2.05, 4.69) is 0 Å². The first-order valence-corrected chi connectivity index (χ1v) is 4.36. The Balaban J connectivity index is 2.98. The Labute approximate surface area is 73.3 Å². The van der Waals surface area contributed by atoms with E-state index in [0.29, 0.717) is 6.42 Å². The normalized spacial score (nSPS) is 29.5. The Morgan fingerprint density at radius 1 is 1.58 bits per heavy atom. The maximum Gasteiger partial charge on any atom is 0.166 e. The van der Waals surface area contributed by atoms with E-state index in [1.54, 1.807) is 0 Å². The molecule has 1 N–H and O–H groups in total. The van der Waals surface area contributed by atoms with Crippen molar-refractivity contribution in [3.05, 3.63) is 11.6 Å². The predicted molar refractivity (Wildman–Crippen MR) is 47.8 cm³/mol. The van der Waals surface area contributed by atoms with Crippen LogP contribution in [-0.2, 0) is 4.79 Å². The maximum atomic E-state index is 11.6. The molecule has 0 bridgehead atoms. The summed E-state index contributed by atoms with van der Waals surface area (Å²) in [4.78, 5) is 11.6. The number of Topliss-reactive ketones (excluding diaryl/α,β-unsaturated/α-hetero) is 1. The quantitative estimate of drug-likeness (QED) is 0.597. The zero-order valence-corrected chi connectivity index (χ0v) is 7.92. The molecule has 0 aromatic heterocycles. The van der Waals surface area contributed by atoms with Gasteiger partial charge in [-0.15, -0.1) is 0 Å². The largest absolute Gasteiger partial charge is 0.392 e. The molecule has 12 heavy (non-hydrogen) atoms. The van der Waals surface area contributed by atoms with Crippen LogP contribution in [0.4, 0.5) is 0 Å². The molecular formula is C10H16O2. The molecule has 0 saturated carbocycles. The summed E-state index contributed by atoms with van der Waals surface area (Å²) in [6.07, 6.45) is 2.91. The van der Waals surface area contributed by atoms with E-state index in [-0.39, 0.29) is 5.78 Å². The van der Waals surface area contributed by atoms with E-state index < -0.39 is 11.5 Å². The molecule has 1 aliphatic rings. The van der Waals surface area contributed by atoms with Crippen molar-refractivity contribution in [1.29, 1.82) is 0 Å². The lowest BCUT2D eigenvalue weighted by atomic mass is 9.80. The van der Waals surface area contributed by atoms with E-state index in [1.807, 2.05) is 26.8 Å². The van der Waals surface area contributed by atoms with Crippen molar-refractivity contribution >= 4 is 5.78 Å². The van der Waals surface area contributed by atoms with E-state index in [1.165, 1.54) is 0 Å². The molecule has 1 aliphatic carbocycles. The Morgan fingerprint density at radius 2 is 2.17 bits per heavy atom. The second kappa shape index (κ2) is 3.02. The molecule has 1 rings (SSSR count). The average Bonchev–Trinajstić information content (AvgIpc) is 2.07. The number of rotatable bonds is 0. The van der Waals surface area contributed by atoms with Crippen LogP contribution in [0.1, 0.15) is 33.6 Å². The van der Waals surface area contributed by atoms with Gasteiger partial charge in [-0.05, 0) is 25.3 Å². The standard InChI is InChI=1S/C10H16O2/c1-7-5-4-6-8(11)10(2,3)9(7)12/h5,8,11H,4,6H2,1-3H3. The van der Waals surface area contributed by atoms with Gasteiger partial charge in [-0.2, -0.15) is 0 Å². The number of carbonyl (C=O) groups excluding carboxylic acids is 1. The number of hydrogen-bond acceptors (Lipinski definition) is 2. The zero-order chi connectivity index (χ0) is 9.35. The van der Waals surface area contributed by atoms with Gasteiger partial charge >= 0.3 is 0 Å². The average molecular weight is 168 g/mol. The van der Waals surface area contributed by atoms with E-state index in [4.69, 9.17) is 0 Å². The SMILES string of the molecule is CC1=CCCC(O)C(C)(C)C1=O. The molecule has 0 spiro atoms. The van der Waals surface area contributed by atoms with E-state index in [9.17, 15) is 9.90 Å². The van der Waals surface area contributed by atoms with Crippen LogP contribution in [0, 0.1) is 5.41 Å². The monoisotopic (exact) mass is 168 g/mol. The molecule has 1 unspecified atom stereocenters. The number of hydrogen-bond donors (Lipinski definition) is 1. The molecule has 2 nitrogen and oxygen atoms in total. The molecule has 0 amide bonds. The van der Waals surface area contributed by atoms with Gasteiger partial charge in [0, 0.05) is 0 Å². The number of carbonyl (C=O) groups is 1. The van der Waals surface area contributed by atoms with E-state index in [0.717, 1.165) is 12.0 Å². The highest BCUT2D eigenvalue weighted by atomic mass is 16.3. The van der Waals surface area contributed by atoms with Crippen molar-refractivity contribution in [2.75, 3.05) is 0 Å². The third-order valence-corrected chi connectivity index (χ3v) is 2.67. The van der Waals surface area contributed by atoms with Crippen molar-refractivity contribution < 1.29 is 9.90 Å². The van der Waals surface area contributed by atoms with Crippen LogP contribution in [0.2, 0.25) is 0 Å². The summed E-state index contributed by atoms with van der Waals surface area (Å²) in [5.41, 5.74) is 0.188. The fraction of sp³-hybridized carbons (Fsp3) is 0.700. The van der Waals surface area contributed by atoms with Gasteiger partial charge in [0.1, 0.15) is 0 Å². The smallest absolute Gasteiger partial charge is 0.166 e. The van der Waals surface area contributed by atoms with Crippen LogP contribution in [0.15, 0.2) is 11.6 Å². The second-order valence-corrected chi connectivity index (χ2v) is 4.03. The molecule has 0 saturated heterocycles. The summed E-state index contributed by atoms with van der Waals surface area (Å²) in [6, 6.07) is 0. The minimum Gasteiger partial charge on any atom is -0.392 e. The van der Waals surface area contributed by atoms with Crippen molar-refractivity contribution in [2.45, 2.75) is 39.7 Å². The van der Waals surface area contributed by atoms with Crippen LogP contribution < -0.4 is 0 Å². The molecule has 0 aliphatic heterocycles. The summed E-state index contributed by atoms with van der Waals surface area (Å²) < 4.78 is 0. The van der Waals surface area contributed by atoms with E-state index >= 15 is 0 Å². The Morgan fingerprint density at radius 3 is 2.75 bits per heavy atom. The van der Waals surface area contributed by atoms with Crippen LogP contribution in [0.5, 0.6) is 0 Å². The van der Waals surface area contributed by atoms with Crippen LogP contribution in [0.3, 0.4) is 0 Å².